The lowest BCUT2D eigenvalue weighted by Crippen LogP contribution is -2.08. The van der Waals surface area contributed by atoms with E-state index >= 15 is 0 Å². The molecule has 0 bridgehead atoms. The minimum atomic E-state index is -0.634. The Morgan fingerprint density at radius 1 is 0.696 bits per heavy atom. The molecule has 0 spiro atoms. The molecule has 0 fully saturated rings. The van der Waals surface area contributed by atoms with Gasteiger partial charge in [-0.25, -0.2) is 9.59 Å². The summed E-state index contributed by atoms with van der Waals surface area (Å²) in [7, 11) is 0. The molecular formula is C18H18O4S. The van der Waals surface area contributed by atoms with E-state index < -0.39 is 10.6 Å². The first kappa shape index (κ1) is 17.1. The minimum Gasteiger partial charge on any atom is -0.457 e. The lowest BCUT2D eigenvalue weighted by molar-refractivity contribution is 0.170. The van der Waals surface area contributed by atoms with Crippen molar-refractivity contribution in [2.24, 2.45) is 0 Å². The molecule has 0 aromatic heterocycles. The van der Waals surface area contributed by atoms with Crippen LogP contribution in [-0.2, 0) is 22.3 Å². The van der Waals surface area contributed by atoms with E-state index in [4.69, 9.17) is 9.47 Å². The standard InChI is InChI=1S/C18H18O4S/c19-17(21-13-11-15-7-3-1-4-8-15)23-18(20)22-14-12-16-9-5-2-6-10-16/h1-10H,11-14H2. The van der Waals surface area contributed by atoms with Gasteiger partial charge in [0.1, 0.15) is 0 Å². The van der Waals surface area contributed by atoms with E-state index in [9.17, 15) is 9.59 Å². The van der Waals surface area contributed by atoms with Gasteiger partial charge in [0.15, 0.2) is 0 Å². The SMILES string of the molecule is O=C(OCCc1ccccc1)SC(=O)OCCc1ccccc1. The summed E-state index contributed by atoms with van der Waals surface area (Å²) in [6.07, 6.45) is 1.24. The predicted octanol–water partition coefficient (Wildman–Crippen LogP) is 4.48. The summed E-state index contributed by atoms with van der Waals surface area (Å²) >= 11 is 0.448. The third-order valence-corrected chi connectivity index (χ3v) is 3.64. The molecule has 0 aliphatic rings. The predicted molar refractivity (Wildman–Crippen MR) is 90.6 cm³/mol. The Hall–Kier alpha value is -2.27. The second kappa shape index (κ2) is 9.69. The molecule has 0 aliphatic heterocycles. The van der Waals surface area contributed by atoms with E-state index in [0.29, 0.717) is 24.6 Å². The first-order chi connectivity index (χ1) is 11.2. The van der Waals surface area contributed by atoms with Gasteiger partial charge in [-0.05, 0) is 11.1 Å². The largest absolute Gasteiger partial charge is 0.457 e. The maximum atomic E-state index is 11.5. The number of rotatable bonds is 6. The van der Waals surface area contributed by atoms with Crippen molar-refractivity contribution in [2.75, 3.05) is 13.2 Å². The number of ether oxygens (including phenoxy) is 2. The van der Waals surface area contributed by atoms with Crippen LogP contribution < -0.4 is 0 Å². The van der Waals surface area contributed by atoms with Crippen LogP contribution >= 0.6 is 11.8 Å². The summed E-state index contributed by atoms with van der Waals surface area (Å²) in [5.74, 6) is 0. The molecule has 2 rings (SSSR count). The van der Waals surface area contributed by atoms with Gasteiger partial charge < -0.3 is 9.47 Å². The van der Waals surface area contributed by atoms with Gasteiger partial charge in [0.05, 0.1) is 25.0 Å². The molecule has 0 radical (unpaired) electrons. The van der Waals surface area contributed by atoms with Crippen LogP contribution in [0.1, 0.15) is 11.1 Å². The summed E-state index contributed by atoms with van der Waals surface area (Å²) in [5.41, 5.74) is 2.16. The van der Waals surface area contributed by atoms with Crippen LogP contribution in [0.25, 0.3) is 0 Å². The van der Waals surface area contributed by atoms with E-state index in [0.717, 1.165) is 11.1 Å². The molecule has 4 nitrogen and oxygen atoms in total. The zero-order valence-corrected chi connectivity index (χ0v) is 13.5. The topological polar surface area (TPSA) is 52.6 Å². The highest BCUT2D eigenvalue weighted by molar-refractivity contribution is 8.25. The summed E-state index contributed by atoms with van der Waals surface area (Å²) in [6.45, 7) is 0.486. The van der Waals surface area contributed by atoms with Gasteiger partial charge in [0.2, 0.25) is 0 Å². The first-order valence-electron chi connectivity index (χ1n) is 7.33. The Labute approximate surface area is 139 Å². The smallest absolute Gasteiger partial charge is 0.378 e. The second-order valence-electron chi connectivity index (χ2n) is 4.77. The minimum absolute atomic E-state index is 0.243. The van der Waals surface area contributed by atoms with Crippen molar-refractivity contribution >= 4 is 22.4 Å². The normalized spacial score (nSPS) is 10.1. The van der Waals surface area contributed by atoms with Crippen LogP contribution in [0, 0.1) is 0 Å². The van der Waals surface area contributed by atoms with Crippen molar-refractivity contribution in [1.82, 2.24) is 0 Å². The van der Waals surface area contributed by atoms with Crippen LogP contribution in [0.5, 0.6) is 0 Å². The fourth-order valence-electron chi connectivity index (χ4n) is 1.92. The van der Waals surface area contributed by atoms with Gasteiger partial charge >= 0.3 is 10.6 Å². The molecule has 2 aromatic rings. The molecular weight excluding hydrogens is 312 g/mol. The van der Waals surface area contributed by atoms with Gasteiger partial charge in [0.25, 0.3) is 0 Å². The fraction of sp³-hybridized carbons (Fsp3) is 0.222. The summed E-state index contributed by atoms with van der Waals surface area (Å²) in [4.78, 5) is 23.0. The van der Waals surface area contributed by atoms with Gasteiger partial charge in [-0.1, -0.05) is 60.7 Å². The van der Waals surface area contributed by atoms with E-state index in [1.165, 1.54) is 0 Å². The number of carbonyl (C=O) groups excluding carboxylic acids is 2. The monoisotopic (exact) mass is 330 g/mol. The lowest BCUT2D eigenvalue weighted by Gasteiger charge is -2.05. The van der Waals surface area contributed by atoms with E-state index in [-0.39, 0.29) is 13.2 Å². The van der Waals surface area contributed by atoms with Crippen molar-refractivity contribution in [3.05, 3.63) is 71.8 Å². The Kier molecular flexibility index (Phi) is 7.20. The van der Waals surface area contributed by atoms with Crippen LogP contribution in [0.15, 0.2) is 60.7 Å². The van der Waals surface area contributed by atoms with Crippen LogP contribution in [0.2, 0.25) is 0 Å². The number of carbonyl (C=O) groups is 2. The Bertz CT molecular complexity index is 558. The summed E-state index contributed by atoms with van der Waals surface area (Å²) in [5, 5.41) is -1.27. The van der Waals surface area contributed by atoms with E-state index in [2.05, 4.69) is 0 Å². The molecule has 120 valence electrons. The molecule has 0 atom stereocenters. The molecule has 0 amide bonds. The quantitative estimate of drug-likeness (QED) is 0.731. The maximum Gasteiger partial charge on any atom is 0.378 e. The molecule has 0 unspecified atom stereocenters. The van der Waals surface area contributed by atoms with Crippen LogP contribution in [0.3, 0.4) is 0 Å². The number of benzene rings is 2. The van der Waals surface area contributed by atoms with Gasteiger partial charge in [-0.15, -0.1) is 0 Å². The van der Waals surface area contributed by atoms with E-state index in [1.54, 1.807) is 0 Å². The molecule has 0 aliphatic carbocycles. The van der Waals surface area contributed by atoms with Crippen LogP contribution in [0.4, 0.5) is 9.59 Å². The number of thioether (sulfide) groups is 1. The van der Waals surface area contributed by atoms with Gasteiger partial charge in [-0.3, -0.25) is 0 Å². The second-order valence-corrected chi connectivity index (χ2v) is 5.64. The lowest BCUT2D eigenvalue weighted by atomic mass is 10.2. The summed E-state index contributed by atoms with van der Waals surface area (Å²) in [6, 6.07) is 19.4. The molecule has 0 saturated carbocycles. The Balaban J connectivity index is 1.58. The molecule has 2 aromatic carbocycles. The average Bonchev–Trinajstić information content (AvgIpc) is 2.57. The van der Waals surface area contributed by atoms with Gasteiger partial charge in [0, 0.05) is 12.8 Å². The molecule has 0 saturated heterocycles. The molecule has 23 heavy (non-hydrogen) atoms. The van der Waals surface area contributed by atoms with Crippen molar-refractivity contribution < 1.29 is 19.1 Å². The maximum absolute atomic E-state index is 11.5. The zero-order chi connectivity index (χ0) is 16.3. The van der Waals surface area contributed by atoms with Crippen LogP contribution in [-0.4, -0.2) is 23.8 Å². The number of hydrogen-bond acceptors (Lipinski definition) is 5. The highest BCUT2D eigenvalue weighted by atomic mass is 32.2. The van der Waals surface area contributed by atoms with Crippen molar-refractivity contribution in [3.8, 4) is 0 Å². The Morgan fingerprint density at radius 2 is 1.09 bits per heavy atom. The third-order valence-electron chi connectivity index (χ3n) is 3.07. The molecule has 0 N–H and O–H groups in total. The molecule has 5 heteroatoms. The molecule has 0 heterocycles. The fourth-order valence-corrected chi connectivity index (χ4v) is 2.34. The Morgan fingerprint density at radius 3 is 1.48 bits per heavy atom. The highest BCUT2D eigenvalue weighted by Gasteiger charge is 2.13. The van der Waals surface area contributed by atoms with Crippen molar-refractivity contribution in [3.63, 3.8) is 0 Å². The summed E-state index contributed by atoms with van der Waals surface area (Å²) < 4.78 is 10.0. The van der Waals surface area contributed by atoms with Gasteiger partial charge in [-0.2, -0.15) is 0 Å². The van der Waals surface area contributed by atoms with Crippen molar-refractivity contribution in [2.45, 2.75) is 12.8 Å². The van der Waals surface area contributed by atoms with E-state index in [1.807, 2.05) is 60.7 Å². The zero-order valence-electron chi connectivity index (χ0n) is 12.6. The first-order valence-corrected chi connectivity index (χ1v) is 8.15. The highest BCUT2D eigenvalue weighted by Crippen LogP contribution is 2.11. The van der Waals surface area contributed by atoms with Crippen molar-refractivity contribution in [1.29, 1.82) is 0 Å². The third kappa shape index (κ3) is 7.02. The number of hydrogen-bond donors (Lipinski definition) is 0. The average molecular weight is 330 g/mol.